The van der Waals surface area contributed by atoms with Crippen LogP contribution in [0.1, 0.15) is 18.3 Å². The Labute approximate surface area is 149 Å². The van der Waals surface area contributed by atoms with E-state index in [1.165, 1.54) is 23.7 Å². The standard InChI is InChI=1S/C15H18N4O6S/c1-9(16-15(20)21)8-18-11(3)14(10(2)17-18)26(24,25)13-6-4-12(5-7-13)19(22)23/h4-7,9,16H,8H2,1-3H3,(H,20,21)/t9-/m0/s1. The number of nitrogens with one attached hydrogen (secondary N) is 1. The minimum absolute atomic E-state index is 0.00822. The maximum Gasteiger partial charge on any atom is 0.404 e. The Balaban J connectivity index is 2.41. The van der Waals surface area contributed by atoms with E-state index in [1.807, 2.05) is 0 Å². The fourth-order valence-corrected chi connectivity index (χ4v) is 4.28. The molecule has 0 fully saturated rings. The van der Waals surface area contributed by atoms with Crippen LogP contribution in [0.15, 0.2) is 34.1 Å². The van der Waals surface area contributed by atoms with Crippen LogP contribution in [0, 0.1) is 24.0 Å². The molecule has 1 amide bonds. The zero-order chi connectivity index (χ0) is 19.6. The highest BCUT2D eigenvalue weighted by molar-refractivity contribution is 7.91. The van der Waals surface area contributed by atoms with Gasteiger partial charge in [-0.15, -0.1) is 0 Å². The zero-order valence-electron chi connectivity index (χ0n) is 14.3. The summed E-state index contributed by atoms with van der Waals surface area (Å²) < 4.78 is 27.2. The van der Waals surface area contributed by atoms with Gasteiger partial charge in [0.25, 0.3) is 5.69 Å². The van der Waals surface area contributed by atoms with Crippen LogP contribution >= 0.6 is 0 Å². The lowest BCUT2D eigenvalue weighted by Gasteiger charge is -2.13. The number of aromatic nitrogens is 2. The fourth-order valence-electron chi connectivity index (χ4n) is 2.63. The van der Waals surface area contributed by atoms with Gasteiger partial charge in [-0.2, -0.15) is 5.10 Å². The third kappa shape index (κ3) is 3.82. The summed E-state index contributed by atoms with van der Waals surface area (Å²) in [6, 6.07) is 4.14. The summed E-state index contributed by atoms with van der Waals surface area (Å²) in [6.07, 6.45) is -1.18. The zero-order valence-corrected chi connectivity index (χ0v) is 15.1. The molecule has 0 radical (unpaired) electrons. The lowest BCUT2D eigenvalue weighted by molar-refractivity contribution is -0.384. The number of nitro groups is 1. The van der Waals surface area contributed by atoms with Gasteiger partial charge in [0.15, 0.2) is 0 Å². The van der Waals surface area contributed by atoms with Crippen molar-refractivity contribution in [2.45, 2.75) is 43.1 Å². The van der Waals surface area contributed by atoms with Crippen LogP contribution in [0.5, 0.6) is 0 Å². The molecular formula is C15H18N4O6S. The van der Waals surface area contributed by atoms with E-state index in [0.717, 1.165) is 12.1 Å². The summed E-state index contributed by atoms with van der Waals surface area (Å²) in [5.41, 5.74) is 0.421. The number of rotatable bonds is 6. The lowest BCUT2D eigenvalue weighted by Crippen LogP contribution is -2.35. The van der Waals surface area contributed by atoms with Crippen LogP contribution in [0.25, 0.3) is 0 Å². The Morgan fingerprint density at radius 2 is 1.92 bits per heavy atom. The highest BCUT2D eigenvalue weighted by Crippen LogP contribution is 2.28. The molecule has 0 aliphatic carbocycles. The summed E-state index contributed by atoms with van der Waals surface area (Å²) in [5, 5.41) is 25.9. The molecule has 1 aromatic carbocycles. The summed E-state index contributed by atoms with van der Waals surface area (Å²) in [5.74, 6) is 0. The number of carbonyl (C=O) groups is 1. The Morgan fingerprint density at radius 1 is 1.35 bits per heavy atom. The maximum absolute atomic E-state index is 12.9. The molecule has 0 saturated carbocycles. The van der Waals surface area contributed by atoms with E-state index in [2.05, 4.69) is 10.4 Å². The van der Waals surface area contributed by atoms with E-state index < -0.39 is 26.9 Å². The predicted molar refractivity (Wildman–Crippen MR) is 90.9 cm³/mol. The van der Waals surface area contributed by atoms with Gasteiger partial charge in [0.2, 0.25) is 9.84 Å². The number of amides is 1. The molecule has 140 valence electrons. The van der Waals surface area contributed by atoms with Crippen LogP contribution in [-0.2, 0) is 16.4 Å². The van der Waals surface area contributed by atoms with Gasteiger partial charge in [0, 0.05) is 18.2 Å². The van der Waals surface area contributed by atoms with Crippen molar-refractivity contribution in [3.63, 3.8) is 0 Å². The number of nitro benzene ring substituents is 1. The van der Waals surface area contributed by atoms with E-state index in [0.29, 0.717) is 5.69 Å². The van der Waals surface area contributed by atoms with Crippen LogP contribution in [0.3, 0.4) is 0 Å². The second kappa shape index (κ2) is 7.12. The van der Waals surface area contributed by atoms with E-state index >= 15 is 0 Å². The second-order valence-corrected chi connectivity index (χ2v) is 7.67. The summed E-state index contributed by atoms with van der Waals surface area (Å²) in [7, 11) is -3.92. The van der Waals surface area contributed by atoms with Gasteiger partial charge in [-0.05, 0) is 32.9 Å². The quantitative estimate of drug-likeness (QED) is 0.573. The molecule has 2 rings (SSSR count). The van der Waals surface area contributed by atoms with Crippen molar-refractivity contribution in [2.24, 2.45) is 0 Å². The topological polar surface area (TPSA) is 144 Å². The SMILES string of the molecule is Cc1nn(C[C@H](C)NC(=O)O)c(C)c1S(=O)(=O)c1ccc([N+](=O)[O-])cc1. The molecule has 0 unspecified atom stereocenters. The van der Waals surface area contributed by atoms with Crippen molar-refractivity contribution in [1.29, 1.82) is 0 Å². The average Bonchev–Trinajstić information content (AvgIpc) is 2.80. The van der Waals surface area contributed by atoms with Crippen LogP contribution in [0.2, 0.25) is 0 Å². The molecule has 10 nitrogen and oxygen atoms in total. The smallest absolute Gasteiger partial charge is 0.404 e. The molecule has 0 spiro atoms. The monoisotopic (exact) mass is 382 g/mol. The van der Waals surface area contributed by atoms with Crippen molar-refractivity contribution >= 4 is 21.6 Å². The Bertz CT molecular complexity index is 949. The minimum Gasteiger partial charge on any atom is -0.465 e. The third-order valence-corrected chi connectivity index (χ3v) is 5.78. The second-order valence-electron chi connectivity index (χ2n) is 5.79. The number of hydrogen-bond donors (Lipinski definition) is 2. The maximum atomic E-state index is 12.9. The molecular weight excluding hydrogens is 364 g/mol. The number of benzene rings is 1. The first-order valence-corrected chi connectivity index (χ1v) is 9.05. The van der Waals surface area contributed by atoms with E-state index in [4.69, 9.17) is 5.11 Å². The average molecular weight is 382 g/mol. The Kier molecular flexibility index (Phi) is 5.30. The van der Waals surface area contributed by atoms with Crippen LogP contribution < -0.4 is 5.32 Å². The van der Waals surface area contributed by atoms with Crippen molar-refractivity contribution in [3.05, 3.63) is 45.8 Å². The van der Waals surface area contributed by atoms with Crippen molar-refractivity contribution in [3.8, 4) is 0 Å². The molecule has 11 heteroatoms. The molecule has 0 bridgehead atoms. The largest absolute Gasteiger partial charge is 0.465 e. The number of non-ortho nitro benzene ring substituents is 1. The summed E-state index contributed by atoms with van der Waals surface area (Å²) in [6.45, 7) is 4.91. The molecule has 0 aliphatic rings. The molecule has 1 aromatic heterocycles. The van der Waals surface area contributed by atoms with E-state index in [1.54, 1.807) is 13.8 Å². The number of carboxylic acid groups (broad SMARTS) is 1. The Hall–Kier alpha value is -2.95. The highest BCUT2D eigenvalue weighted by atomic mass is 32.2. The first-order valence-electron chi connectivity index (χ1n) is 7.57. The van der Waals surface area contributed by atoms with Gasteiger partial charge in [-0.25, -0.2) is 13.2 Å². The molecule has 0 saturated heterocycles. The molecule has 0 aliphatic heterocycles. The summed E-state index contributed by atoms with van der Waals surface area (Å²) in [4.78, 5) is 20.7. The van der Waals surface area contributed by atoms with Gasteiger partial charge in [0.05, 0.1) is 27.8 Å². The Morgan fingerprint density at radius 3 is 2.42 bits per heavy atom. The minimum atomic E-state index is -3.92. The van der Waals surface area contributed by atoms with Gasteiger partial charge in [-0.3, -0.25) is 14.8 Å². The lowest BCUT2D eigenvalue weighted by atomic mass is 10.3. The molecule has 2 N–H and O–H groups in total. The fraction of sp³-hybridized carbons (Fsp3) is 0.333. The first kappa shape index (κ1) is 19.4. The third-order valence-electron chi connectivity index (χ3n) is 3.76. The van der Waals surface area contributed by atoms with Crippen molar-refractivity contribution < 1.29 is 23.2 Å². The van der Waals surface area contributed by atoms with Crippen LogP contribution in [0.4, 0.5) is 10.5 Å². The molecule has 2 aromatic rings. The normalized spacial score (nSPS) is 12.6. The molecule has 1 atom stereocenters. The number of nitrogens with zero attached hydrogens (tertiary/aromatic N) is 3. The summed E-state index contributed by atoms with van der Waals surface area (Å²) >= 11 is 0. The van der Waals surface area contributed by atoms with Gasteiger partial charge < -0.3 is 10.4 Å². The number of hydrogen-bond acceptors (Lipinski definition) is 6. The van der Waals surface area contributed by atoms with Crippen molar-refractivity contribution in [1.82, 2.24) is 15.1 Å². The van der Waals surface area contributed by atoms with Crippen LogP contribution in [-0.4, -0.2) is 40.4 Å². The van der Waals surface area contributed by atoms with E-state index in [-0.39, 0.29) is 27.7 Å². The number of sulfone groups is 1. The highest BCUT2D eigenvalue weighted by Gasteiger charge is 2.27. The number of aryl methyl sites for hydroxylation is 1. The van der Waals surface area contributed by atoms with Gasteiger partial charge in [0.1, 0.15) is 4.90 Å². The predicted octanol–water partition coefficient (Wildman–Crippen LogP) is 1.90. The van der Waals surface area contributed by atoms with Gasteiger partial charge >= 0.3 is 6.09 Å². The van der Waals surface area contributed by atoms with Gasteiger partial charge in [-0.1, -0.05) is 0 Å². The molecule has 1 heterocycles. The van der Waals surface area contributed by atoms with Crippen molar-refractivity contribution in [2.75, 3.05) is 0 Å². The molecule has 26 heavy (non-hydrogen) atoms. The van der Waals surface area contributed by atoms with E-state index in [9.17, 15) is 23.3 Å². The first-order chi connectivity index (χ1) is 12.0.